The van der Waals surface area contributed by atoms with Crippen molar-refractivity contribution in [1.82, 2.24) is 0 Å². The molecule has 1 unspecified atom stereocenters. The van der Waals surface area contributed by atoms with E-state index in [9.17, 15) is 14.4 Å². The van der Waals surface area contributed by atoms with Crippen LogP contribution < -0.4 is 0 Å². The second-order valence-corrected chi connectivity index (χ2v) is 17.1. The largest absolute Gasteiger partial charge is 0.462 e. The van der Waals surface area contributed by atoms with Gasteiger partial charge in [0.2, 0.25) is 0 Å². The topological polar surface area (TPSA) is 78.9 Å². The summed E-state index contributed by atoms with van der Waals surface area (Å²) in [6.07, 6.45) is 60.7. The highest BCUT2D eigenvalue weighted by Crippen LogP contribution is 2.15. The maximum Gasteiger partial charge on any atom is 0.306 e. The highest BCUT2D eigenvalue weighted by atomic mass is 16.6. The Kier molecular flexibility index (Phi) is 47.4. The van der Waals surface area contributed by atoms with Gasteiger partial charge in [0, 0.05) is 19.3 Å². The van der Waals surface area contributed by atoms with Gasteiger partial charge in [0.05, 0.1) is 0 Å². The molecule has 352 valence electrons. The molecule has 0 radical (unpaired) electrons. The molecular weight excluding hydrogens is 757 g/mol. The molecule has 0 amide bonds. The fraction of sp³-hybridized carbons (Fsp3) is 0.764. The standard InChI is InChI=1S/C55H96O6/c1-4-7-10-13-16-19-21-23-25-27-28-30-31-33-36-39-42-45-48-54(57)60-51-52(50-59-53(56)47-44-41-38-35-18-15-12-9-6-3)61-55(58)49-46-43-40-37-34-32-29-26-24-22-20-17-14-11-8-5-2/h9,12,18,21,23,25,27-28,30,35,52H,4-8,10-11,13-17,19-20,22,24,26,29,31-34,36-51H2,1-3H3/b12-9-,23-21-,27-25-,30-28-,35-18-. The van der Waals surface area contributed by atoms with Crippen molar-refractivity contribution in [3.05, 3.63) is 60.8 Å². The SMILES string of the molecule is CC/C=C\C/C=C\CCCCC(=O)OCC(COC(=O)CCCCCCC\C=C/C=C\C=C/CCCCCCC)OC(=O)CCCCCCCCCCCCCCCCCC. The van der Waals surface area contributed by atoms with Crippen LogP contribution in [0, 0.1) is 0 Å². The van der Waals surface area contributed by atoms with Gasteiger partial charge in [-0.3, -0.25) is 14.4 Å². The van der Waals surface area contributed by atoms with Gasteiger partial charge in [-0.05, 0) is 70.6 Å². The maximum atomic E-state index is 12.8. The summed E-state index contributed by atoms with van der Waals surface area (Å²) in [6, 6.07) is 0. The molecule has 6 nitrogen and oxygen atoms in total. The number of esters is 3. The monoisotopic (exact) mass is 853 g/mol. The minimum absolute atomic E-state index is 0.0935. The third-order valence-electron chi connectivity index (χ3n) is 11.1. The van der Waals surface area contributed by atoms with Crippen molar-refractivity contribution < 1.29 is 28.6 Å². The average Bonchev–Trinajstić information content (AvgIpc) is 3.26. The molecule has 0 rings (SSSR count). The maximum absolute atomic E-state index is 12.8. The van der Waals surface area contributed by atoms with Crippen molar-refractivity contribution in [3.8, 4) is 0 Å². The molecule has 0 aliphatic heterocycles. The molecule has 0 aromatic rings. The highest BCUT2D eigenvalue weighted by molar-refractivity contribution is 5.71. The molecule has 0 fully saturated rings. The van der Waals surface area contributed by atoms with Gasteiger partial charge in [-0.25, -0.2) is 0 Å². The van der Waals surface area contributed by atoms with E-state index in [-0.39, 0.29) is 31.1 Å². The molecule has 0 saturated carbocycles. The van der Waals surface area contributed by atoms with Crippen molar-refractivity contribution in [2.45, 2.75) is 258 Å². The van der Waals surface area contributed by atoms with Gasteiger partial charge in [0.1, 0.15) is 13.2 Å². The summed E-state index contributed by atoms with van der Waals surface area (Å²) in [4.78, 5) is 37.9. The smallest absolute Gasteiger partial charge is 0.306 e. The molecule has 0 aliphatic carbocycles. The van der Waals surface area contributed by atoms with Gasteiger partial charge in [-0.2, -0.15) is 0 Å². The Labute approximate surface area is 377 Å². The first-order valence-corrected chi connectivity index (χ1v) is 25.8. The van der Waals surface area contributed by atoms with Crippen molar-refractivity contribution >= 4 is 17.9 Å². The number of allylic oxidation sites excluding steroid dienone is 10. The van der Waals surface area contributed by atoms with Crippen LogP contribution in [-0.2, 0) is 28.6 Å². The molecule has 0 spiro atoms. The molecule has 0 N–H and O–H groups in total. The summed E-state index contributed by atoms with van der Waals surface area (Å²) < 4.78 is 16.7. The molecule has 0 bridgehead atoms. The number of carbonyl (C=O) groups excluding carboxylic acids is 3. The molecule has 0 aliphatic rings. The summed E-state index contributed by atoms with van der Waals surface area (Å²) >= 11 is 0. The zero-order chi connectivity index (χ0) is 44.4. The van der Waals surface area contributed by atoms with Crippen LogP contribution >= 0.6 is 0 Å². The van der Waals surface area contributed by atoms with Crippen LogP contribution in [0.2, 0.25) is 0 Å². The third-order valence-corrected chi connectivity index (χ3v) is 11.1. The summed E-state index contributed by atoms with van der Waals surface area (Å²) in [5.41, 5.74) is 0. The molecule has 61 heavy (non-hydrogen) atoms. The Morgan fingerprint density at radius 3 is 1.15 bits per heavy atom. The van der Waals surface area contributed by atoms with Gasteiger partial charge < -0.3 is 14.2 Å². The number of unbranched alkanes of at least 4 members (excludes halogenated alkanes) is 27. The molecule has 1 atom stereocenters. The lowest BCUT2D eigenvalue weighted by Gasteiger charge is -2.18. The second kappa shape index (κ2) is 49.8. The van der Waals surface area contributed by atoms with Crippen molar-refractivity contribution in [2.24, 2.45) is 0 Å². The van der Waals surface area contributed by atoms with E-state index in [4.69, 9.17) is 14.2 Å². The number of carbonyl (C=O) groups is 3. The predicted molar refractivity (Wildman–Crippen MR) is 261 cm³/mol. The lowest BCUT2D eigenvalue weighted by Crippen LogP contribution is -2.30. The fourth-order valence-electron chi connectivity index (χ4n) is 7.19. The molecule has 0 saturated heterocycles. The lowest BCUT2D eigenvalue weighted by molar-refractivity contribution is -0.167. The zero-order valence-corrected chi connectivity index (χ0v) is 40.2. The Balaban J connectivity index is 4.36. The van der Waals surface area contributed by atoms with Gasteiger partial charge >= 0.3 is 17.9 Å². The van der Waals surface area contributed by atoms with E-state index < -0.39 is 6.10 Å². The number of hydrogen-bond donors (Lipinski definition) is 0. The van der Waals surface area contributed by atoms with Crippen LogP contribution in [0.3, 0.4) is 0 Å². The van der Waals surface area contributed by atoms with Crippen LogP contribution in [0.25, 0.3) is 0 Å². The van der Waals surface area contributed by atoms with Crippen LogP contribution in [-0.4, -0.2) is 37.2 Å². The van der Waals surface area contributed by atoms with Crippen molar-refractivity contribution in [3.63, 3.8) is 0 Å². The summed E-state index contributed by atoms with van der Waals surface area (Å²) in [5.74, 6) is -0.944. The first kappa shape index (κ1) is 58.1. The van der Waals surface area contributed by atoms with Crippen molar-refractivity contribution in [2.75, 3.05) is 13.2 Å². The quantitative estimate of drug-likeness (QED) is 0.0200. The third kappa shape index (κ3) is 48.0. The number of ether oxygens (including phenoxy) is 3. The number of hydrogen-bond acceptors (Lipinski definition) is 6. The zero-order valence-electron chi connectivity index (χ0n) is 40.2. The Hall–Kier alpha value is -2.89. The van der Waals surface area contributed by atoms with Crippen LogP contribution in [0.4, 0.5) is 0 Å². The molecule has 0 heterocycles. The van der Waals surface area contributed by atoms with E-state index in [0.29, 0.717) is 19.3 Å². The Morgan fingerprint density at radius 1 is 0.361 bits per heavy atom. The average molecular weight is 853 g/mol. The first-order valence-electron chi connectivity index (χ1n) is 25.8. The normalized spacial score (nSPS) is 12.5. The molecule has 0 aromatic carbocycles. The van der Waals surface area contributed by atoms with Crippen LogP contribution in [0.15, 0.2) is 60.8 Å². The number of rotatable bonds is 46. The van der Waals surface area contributed by atoms with E-state index >= 15 is 0 Å². The first-order chi connectivity index (χ1) is 30.0. The summed E-state index contributed by atoms with van der Waals surface area (Å²) in [5, 5.41) is 0. The van der Waals surface area contributed by atoms with E-state index in [1.807, 2.05) is 0 Å². The van der Waals surface area contributed by atoms with Crippen LogP contribution in [0.1, 0.15) is 252 Å². The molecular formula is C55H96O6. The second-order valence-electron chi connectivity index (χ2n) is 17.1. The van der Waals surface area contributed by atoms with Gasteiger partial charge in [0.15, 0.2) is 6.10 Å². The Bertz CT molecular complexity index is 1120. The van der Waals surface area contributed by atoms with E-state index in [0.717, 1.165) is 89.9 Å². The van der Waals surface area contributed by atoms with E-state index in [2.05, 4.69) is 81.5 Å². The van der Waals surface area contributed by atoms with Crippen LogP contribution in [0.5, 0.6) is 0 Å². The van der Waals surface area contributed by atoms with Gasteiger partial charge in [-0.15, -0.1) is 0 Å². The van der Waals surface area contributed by atoms with E-state index in [1.54, 1.807) is 0 Å². The molecule has 6 heteroatoms. The van der Waals surface area contributed by atoms with E-state index in [1.165, 1.54) is 122 Å². The minimum Gasteiger partial charge on any atom is -0.462 e. The molecule has 0 aromatic heterocycles. The summed E-state index contributed by atoms with van der Waals surface area (Å²) in [7, 11) is 0. The highest BCUT2D eigenvalue weighted by Gasteiger charge is 2.19. The lowest BCUT2D eigenvalue weighted by atomic mass is 10.0. The van der Waals surface area contributed by atoms with Gasteiger partial charge in [0.25, 0.3) is 0 Å². The van der Waals surface area contributed by atoms with Crippen molar-refractivity contribution in [1.29, 1.82) is 0 Å². The van der Waals surface area contributed by atoms with Gasteiger partial charge in [-0.1, -0.05) is 223 Å². The predicted octanol–water partition coefficient (Wildman–Crippen LogP) is 16.9. The minimum atomic E-state index is -0.792. The summed E-state index contributed by atoms with van der Waals surface area (Å²) in [6.45, 7) is 6.46. The fourth-order valence-corrected chi connectivity index (χ4v) is 7.19. The Morgan fingerprint density at radius 2 is 0.705 bits per heavy atom.